The molecule has 11 nitrogen and oxygen atoms in total. The van der Waals surface area contributed by atoms with Gasteiger partial charge in [-0.25, -0.2) is 18.7 Å². The fraction of sp³-hybridized carbons (Fsp3) is 0.200. The third-order valence-corrected chi connectivity index (χ3v) is 11.8. The van der Waals surface area contributed by atoms with Crippen LogP contribution in [0.1, 0.15) is 81.2 Å². The lowest BCUT2D eigenvalue weighted by molar-refractivity contribution is -0.119. The maximum Gasteiger partial charge on any atom is 0.277 e. The van der Waals surface area contributed by atoms with Crippen LogP contribution in [-0.2, 0) is 22.4 Å². The van der Waals surface area contributed by atoms with Gasteiger partial charge in [0.2, 0.25) is 11.8 Å². The van der Waals surface area contributed by atoms with Crippen LogP contribution in [0.2, 0.25) is 10.0 Å². The summed E-state index contributed by atoms with van der Waals surface area (Å²) in [6.07, 6.45) is 4.54. The maximum absolute atomic E-state index is 14.2. The first-order valence-electron chi connectivity index (χ1n) is 21.0. The normalized spacial score (nSPS) is 13.9. The summed E-state index contributed by atoms with van der Waals surface area (Å²) >= 11 is 13.3. The summed E-state index contributed by atoms with van der Waals surface area (Å²) < 4.78 is 29.3. The average molecular weight is 953 g/mol. The lowest BCUT2D eigenvalue weighted by atomic mass is 10.1. The first-order chi connectivity index (χ1) is 31.8. The van der Waals surface area contributed by atoms with Gasteiger partial charge in [-0.2, -0.15) is 0 Å². The van der Waals surface area contributed by atoms with Crippen LogP contribution in [0, 0.1) is 11.6 Å². The van der Waals surface area contributed by atoms with Gasteiger partial charge in [0.25, 0.3) is 11.8 Å². The second-order valence-corrected chi connectivity index (χ2v) is 16.5. The number of halogens is 4. The Hall–Kier alpha value is -6.74. The molecule has 2 aliphatic rings. The Morgan fingerprint density at radius 2 is 1.06 bits per heavy atom. The van der Waals surface area contributed by atoms with E-state index < -0.39 is 35.6 Å². The summed E-state index contributed by atoms with van der Waals surface area (Å²) in [4.78, 5) is 60.2. The number of benzene rings is 5. The number of primary amides is 2. The molecule has 7 aromatic rings. The summed E-state index contributed by atoms with van der Waals surface area (Å²) in [5.41, 5.74) is 18.6. The van der Waals surface area contributed by atoms with E-state index in [2.05, 4.69) is 9.97 Å². The molecule has 5 aromatic carbocycles. The molecule has 1 unspecified atom stereocenters. The predicted octanol–water partition coefficient (Wildman–Crippen LogP) is 10.2. The standard InChI is InChI=1S/C20H16ClFN2O2S.C16H15ClFN5O2.2C6H6.C2H6/c21-12-8-14-13(15(22)9-12)5-6-16(14)24(10-19(23)25)20(26)18-7-11-3-1-2-4-17(11)27-18;17-8-5-10-9(11(18)6-8)1-2-12(10)23(7-13(19)24)16(25)14-15(20)22-4-3-21-14;2*1-2-4-6-5-3-1;1-2/h1-4,7-9,16H,5-6,10H2,(H2,23,25);3-6,12H,1-2,7H2,(H2,19,24)(H2,20,22);2*1-6H;1-2H3/t;12-;;;/m.1.../s1. The number of aromatic nitrogens is 2. The van der Waals surface area contributed by atoms with Crippen molar-refractivity contribution in [1.82, 2.24) is 19.8 Å². The van der Waals surface area contributed by atoms with Crippen molar-refractivity contribution < 1.29 is 28.0 Å². The second-order valence-electron chi connectivity index (χ2n) is 14.6. The zero-order valence-corrected chi connectivity index (χ0v) is 38.6. The van der Waals surface area contributed by atoms with Gasteiger partial charge in [-0.3, -0.25) is 19.2 Å². The third kappa shape index (κ3) is 13.2. The number of nitrogen functional groups attached to an aromatic ring is 1. The maximum atomic E-state index is 14.2. The van der Waals surface area contributed by atoms with Gasteiger partial charge in [-0.05, 0) is 89.7 Å². The van der Waals surface area contributed by atoms with E-state index in [-0.39, 0.29) is 46.4 Å². The highest BCUT2D eigenvalue weighted by Crippen LogP contribution is 2.41. The number of carbonyl (C=O) groups excluding carboxylic acids is 4. The van der Waals surface area contributed by atoms with Gasteiger partial charge >= 0.3 is 0 Å². The van der Waals surface area contributed by atoms with Gasteiger partial charge in [0.05, 0.1) is 17.0 Å². The molecule has 6 N–H and O–H groups in total. The molecule has 0 bridgehead atoms. The van der Waals surface area contributed by atoms with Crippen molar-refractivity contribution in [3.8, 4) is 0 Å². The molecule has 4 amide bonds. The van der Waals surface area contributed by atoms with E-state index in [1.807, 2.05) is 117 Å². The van der Waals surface area contributed by atoms with E-state index >= 15 is 0 Å². The van der Waals surface area contributed by atoms with Crippen LogP contribution in [0.25, 0.3) is 10.1 Å². The summed E-state index contributed by atoms with van der Waals surface area (Å²) in [7, 11) is 0. The van der Waals surface area contributed by atoms with Crippen LogP contribution >= 0.6 is 34.5 Å². The molecule has 16 heteroatoms. The van der Waals surface area contributed by atoms with E-state index in [4.69, 9.17) is 40.4 Å². The minimum Gasteiger partial charge on any atom is -0.382 e. The molecule has 0 radical (unpaired) electrons. The van der Waals surface area contributed by atoms with Gasteiger partial charge in [-0.15, -0.1) is 11.3 Å². The van der Waals surface area contributed by atoms with Crippen LogP contribution in [0.4, 0.5) is 14.6 Å². The van der Waals surface area contributed by atoms with Crippen molar-refractivity contribution >= 4 is 74.1 Å². The first kappa shape index (κ1) is 50.3. The molecular formula is C50H49Cl2F2N7O4S. The number of hydrogen-bond acceptors (Lipinski definition) is 8. The summed E-state index contributed by atoms with van der Waals surface area (Å²) in [6.45, 7) is 3.42. The van der Waals surface area contributed by atoms with Gasteiger partial charge < -0.3 is 27.0 Å². The molecule has 2 aliphatic carbocycles. The molecule has 2 heterocycles. The topological polar surface area (TPSA) is 179 Å². The number of hydrogen-bond donors (Lipinski definition) is 3. The van der Waals surface area contributed by atoms with Gasteiger partial charge in [-0.1, -0.05) is 128 Å². The van der Waals surface area contributed by atoms with E-state index in [1.165, 1.54) is 45.7 Å². The number of thiophene rings is 1. The Labute approximate surface area is 396 Å². The molecule has 2 aromatic heterocycles. The molecule has 2 atom stereocenters. The van der Waals surface area contributed by atoms with Crippen molar-refractivity contribution in [2.75, 3.05) is 18.8 Å². The fourth-order valence-electron chi connectivity index (χ4n) is 7.52. The van der Waals surface area contributed by atoms with E-state index in [0.717, 1.165) is 10.1 Å². The summed E-state index contributed by atoms with van der Waals surface area (Å²) in [5.74, 6) is -3.07. The van der Waals surface area contributed by atoms with Gasteiger partial charge in [0.1, 0.15) is 24.7 Å². The zero-order chi connectivity index (χ0) is 47.8. The molecule has 0 aliphatic heterocycles. The van der Waals surface area contributed by atoms with Crippen LogP contribution in [0.15, 0.2) is 140 Å². The smallest absolute Gasteiger partial charge is 0.277 e. The van der Waals surface area contributed by atoms with Crippen molar-refractivity contribution in [3.63, 3.8) is 0 Å². The van der Waals surface area contributed by atoms with Crippen LogP contribution in [-0.4, -0.2) is 56.5 Å². The Bertz CT molecular complexity index is 2630. The average Bonchev–Trinajstić information content (AvgIpc) is 4.07. The zero-order valence-electron chi connectivity index (χ0n) is 36.3. The SMILES string of the molecule is CC.NC(=O)CN(C(=O)c1cc2ccccc2s1)C1CCc2c(F)cc(Cl)cc21.NC(=O)CN(C(=O)c1nccnc1N)[C@@H]1CCc2c(F)cc(Cl)cc21.c1ccccc1.c1ccccc1. The summed E-state index contributed by atoms with van der Waals surface area (Å²) in [5, 5.41) is 1.45. The number of fused-ring (bicyclic) bond motifs is 3. The molecular weight excluding hydrogens is 904 g/mol. The van der Waals surface area contributed by atoms with Crippen molar-refractivity contribution in [3.05, 3.63) is 194 Å². The quantitative estimate of drug-likeness (QED) is 0.136. The number of rotatable bonds is 8. The highest BCUT2D eigenvalue weighted by Gasteiger charge is 2.36. The number of nitrogens with two attached hydrogens (primary N) is 3. The van der Waals surface area contributed by atoms with E-state index in [0.29, 0.717) is 52.8 Å². The molecule has 0 saturated carbocycles. The molecule has 66 heavy (non-hydrogen) atoms. The Morgan fingerprint density at radius 1 is 0.636 bits per heavy atom. The second kappa shape index (κ2) is 24.5. The fourth-order valence-corrected chi connectivity index (χ4v) is 8.97. The molecule has 0 saturated heterocycles. The predicted molar refractivity (Wildman–Crippen MR) is 258 cm³/mol. The van der Waals surface area contributed by atoms with Gasteiger partial charge in [0, 0.05) is 27.1 Å². The lowest BCUT2D eigenvalue weighted by Gasteiger charge is -2.28. The van der Waals surface area contributed by atoms with Crippen molar-refractivity contribution in [2.45, 2.75) is 51.6 Å². The number of carbonyl (C=O) groups is 4. The summed E-state index contributed by atoms with van der Waals surface area (Å²) in [6, 6.07) is 38.3. The highest BCUT2D eigenvalue weighted by atomic mass is 35.5. The third-order valence-electron chi connectivity index (χ3n) is 10.3. The monoisotopic (exact) mass is 951 g/mol. The minimum absolute atomic E-state index is 0.0579. The Morgan fingerprint density at radius 3 is 1.48 bits per heavy atom. The largest absolute Gasteiger partial charge is 0.382 e. The highest BCUT2D eigenvalue weighted by molar-refractivity contribution is 7.20. The van der Waals surface area contributed by atoms with Crippen LogP contribution < -0.4 is 17.2 Å². The number of amides is 4. The van der Waals surface area contributed by atoms with Crippen LogP contribution in [0.3, 0.4) is 0 Å². The lowest BCUT2D eigenvalue weighted by Crippen LogP contribution is -2.41. The molecule has 0 spiro atoms. The first-order valence-corrected chi connectivity index (χ1v) is 22.6. The van der Waals surface area contributed by atoms with E-state index in [1.54, 1.807) is 12.1 Å². The minimum atomic E-state index is -0.702. The van der Waals surface area contributed by atoms with Crippen molar-refractivity contribution in [2.24, 2.45) is 11.5 Å². The van der Waals surface area contributed by atoms with Gasteiger partial charge in [0.15, 0.2) is 11.5 Å². The Kier molecular flexibility index (Phi) is 18.7. The van der Waals surface area contributed by atoms with Crippen molar-refractivity contribution in [1.29, 1.82) is 0 Å². The molecule has 0 fully saturated rings. The van der Waals surface area contributed by atoms with E-state index in [9.17, 15) is 28.0 Å². The number of anilines is 1. The number of nitrogens with zero attached hydrogens (tertiary/aromatic N) is 4. The van der Waals surface area contributed by atoms with Crippen LogP contribution in [0.5, 0.6) is 0 Å². The Balaban J connectivity index is 0.000000192. The molecule has 9 rings (SSSR count). The molecule has 342 valence electrons.